The molecule has 67 heavy (non-hydrogen) atoms. The molecule has 2 aromatic heterocycles. The van der Waals surface area contributed by atoms with Crippen LogP contribution in [0.4, 0.5) is 0 Å². The summed E-state index contributed by atoms with van der Waals surface area (Å²) >= 11 is 0. The molecule has 6 aromatic carbocycles. The van der Waals surface area contributed by atoms with Crippen molar-refractivity contribution in [1.29, 1.82) is 0 Å². The Morgan fingerprint density at radius 1 is 0.552 bits per heavy atom. The first-order valence-corrected chi connectivity index (χ1v) is 23.3. The van der Waals surface area contributed by atoms with E-state index in [1.165, 1.54) is 44.5 Å². The number of phenols is 2. The molecule has 0 spiro atoms. The van der Waals surface area contributed by atoms with Crippen molar-refractivity contribution < 1.29 is 28.5 Å². The fourth-order valence-electron chi connectivity index (χ4n) is 8.76. The van der Waals surface area contributed by atoms with Gasteiger partial charge >= 0.3 is 11.3 Å². The van der Waals surface area contributed by atoms with Crippen molar-refractivity contribution in [2.45, 2.75) is 46.5 Å². The molecule has 2 N–H and O–H groups in total. The Morgan fingerprint density at radius 3 is 1.52 bits per heavy atom. The number of hydrogen-bond donors (Lipinski definition) is 2. The van der Waals surface area contributed by atoms with E-state index < -0.39 is 11.3 Å². The monoisotopic (exact) mass is 898 g/mol. The van der Waals surface area contributed by atoms with Crippen molar-refractivity contribution in [3.63, 3.8) is 0 Å². The lowest BCUT2D eigenvalue weighted by molar-refractivity contribution is 0.205. The number of nitrogens with zero attached hydrogens (tertiary/aromatic N) is 2. The van der Waals surface area contributed by atoms with Crippen molar-refractivity contribution in [2.75, 3.05) is 52.5 Å². The summed E-state index contributed by atoms with van der Waals surface area (Å²) < 4.78 is 23.1. The molecule has 10 nitrogen and oxygen atoms in total. The van der Waals surface area contributed by atoms with Crippen LogP contribution in [0.25, 0.3) is 66.4 Å². The smallest absolute Gasteiger partial charge is 0.344 e. The van der Waals surface area contributed by atoms with Crippen molar-refractivity contribution >= 4 is 21.9 Å². The molecule has 0 bridgehead atoms. The molecule has 3 heterocycles. The molecule has 8 aromatic rings. The molecule has 0 saturated carbocycles. The van der Waals surface area contributed by atoms with Crippen LogP contribution in [0.5, 0.6) is 23.0 Å². The maximum atomic E-state index is 13.1. The SMILES string of the molecule is CCN(CC)CCOc1ccc(-c2c(-c3ccccc3)c(=O)oc3cc(O)ccc23)cc1.Cc1ccc(-c2c(-c3ccc(OCCCN4CCCCC4)cc3)c3ccc(O)cc3oc2=O)cc1. The predicted octanol–water partition coefficient (Wildman–Crippen LogP) is 11.9. The fraction of sp³-hybridized carbons (Fsp3) is 0.263. The molecule has 0 radical (unpaired) electrons. The quantitative estimate of drug-likeness (QED) is 0.0759. The van der Waals surface area contributed by atoms with Gasteiger partial charge < -0.3 is 38.3 Å². The zero-order chi connectivity index (χ0) is 46.7. The number of ether oxygens (including phenoxy) is 2. The number of aryl methyl sites for hydroxylation is 1. The zero-order valence-electron chi connectivity index (χ0n) is 38.5. The number of hydrogen-bond acceptors (Lipinski definition) is 10. The Morgan fingerprint density at radius 2 is 1.01 bits per heavy atom. The van der Waals surface area contributed by atoms with Crippen LogP contribution in [-0.2, 0) is 0 Å². The zero-order valence-corrected chi connectivity index (χ0v) is 38.5. The molecule has 1 aliphatic heterocycles. The van der Waals surface area contributed by atoms with Crippen LogP contribution in [0.3, 0.4) is 0 Å². The lowest BCUT2D eigenvalue weighted by Crippen LogP contribution is -2.31. The van der Waals surface area contributed by atoms with Gasteiger partial charge in [-0.2, -0.15) is 0 Å². The van der Waals surface area contributed by atoms with Gasteiger partial charge in [-0.25, -0.2) is 9.59 Å². The summed E-state index contributed by atoms with van der Waals surface area (Å²) in [6, 6.07) is 42.7. The third-order valence-electron chi connectivity index (χ3n) is 12.4. The number of piperidine rings is 1. The molecule has 0 aliphatic carbocycles. The summed E-state index contributed by atoms with van der Waals surface area (Å²) in [7, 11) is 0. The average molecular weight is 899 g/mol. The van der Waals surface area contributed by atoms with E-state index in [1.54, 1.807) is 24.3 Å². The molecule has 1 aliphatic rings. The Hall–Kier alpha value is -7.14. The highest BCUT2D eigenvalue weighted by molar-refractivity contribution is 6.02. The lowest BCUT2D eigenvalue weighted by Gasteiger charge is -2.26. The summed E-state index contributed by atoms with van der Waals surface area (Å²) in [5, 5.41) is 21.4. The third kappa shape index (κ3) is 11.3. The number of likely N-dealkylation sites (tertiary alicyclic amines) is 1. The standard InChI is InChI=1S/C30H31NO4.C27H27NO4/c1-21-6-8-23(9-7-21)29-28(26-15-12-24(32)20-27(26)35-30(29)33)22-10-13-25(14-11-22)34-19-5-18-31-16-3-2-4-17-31;1-3-28(4-2)16-17-31-22-13-10-20(11-14-22)25-23-15-12-21(29)18-24(23)32-27(30)26(25)19-8-6-5-7-9-19/h6-15,20,32H,2-5,16-19H2,1H3;5-15,18,29H,3-4,16-17H2,1-2H3. The van der Waals surface area contributed by atoms with Gasteiger partial charge in [0.2, 0.25) is 0 Å². The molecule has 0 unspecified atom stereocenters. The van der Waals surface area contributed by atoms with Gasteiger partial charge in [-0.15, -0.1) is 0 Å². The summed E-state index contributed by atoms with van der Waals surface area (Å²) in [6.45, 7) is 14.0. The first kappa shape index (κ1) is 46.4. The largest absolute Gasteiger partial charge is 0.508 e. The van der Waals surface area contributed by atoms with Gasteiger partial charge in [0.05, 0.1) is 17.7 Å². The van der Waals surface area contributed by atoms with E-state index >= 15 is 0 Å². The van der Waals surface area contributed by atoms with Crippen LogP contribution < -0.4 is 20.7 Å². The van der Waals surface area contributed by atoms with Gasteiger partial charge in [0, 0.05) is 47.1 Å². The van der Waals surface area contributed by atoms with Gasteiger partial charge in [-0.05, 0) is 123 Å². The predicted molar refractivity (Wildman–Crippen MR) is 268 cm³/mol. The number of rotatable bonds is 15. The van der Waals surface area contributed by atoms with Crippen LogP contribution in [-0.4, -0.2) is 72.5 Å². The van der Waals surface area contributed by atoms with Crippen molar-refractivity contribution in [3.8, 4) is 67.5 Å². The summed E-state index contributed by atoms with van der Waals surface area (Å²) in [5.74, 6) is 1.71. The Bertz CT molecular complexity index is 3010. The molecule has 344 valence electrons. The molecular weight excluding hydrogens is 841 g/mol. The summed E-state index contributed by atoms with van der Waals surface area (Å²) in [6.07, 6.45) is 4.97. The second-order valence-corrected chi connectivity index (χ2v) is 16.9. The number of benzene rings is 6. The van der Waals surface area contributed by atoms with Crippen LogP contribution in [0.15, 0.2) is 158 Å². The van der Waals surface area contributed by atoms with Gasteiger partial charge in [0.25, 0.3) is 0 Å². The molecule has 1 saturated heterocycles. The average Bonchev–Trinajstić information content (AvgIpc) is 3.35. The second kappa shape index (κ2) is 21.9. The number of fused-ring (bicyclic) bond motifs is 2. The van der Waals surface area contributed by atoms with E-state index in [-0.39, 0.29) is 11.5 Å². The van der Waals surface area contributed by atoms with Gasteiger partial charge in [0.15, 0.2) is 0 Å². The molecule has 0 amide bonds. The first-order valence-electron chi connectivity index (χ1n) is 23.3. The van der Waals surface area contributed by atoms with Crippen molar-refractivity contribution in [3.05, 3.63) is 166 Å². The highest BCUT2D eigenvalue weighted by atomic mass is 16.5. The minimum absolute atomic E-state index is 0.0519. The van der Waals surface area contributed by atoms with Crippen molar-refractivity contribution in [1.82, 2.24) is 9.80 Å². The van der Waals surface area contributed by atoms with E-state index in [0.29, 0.717) is 35.5 Å². The lowest BCUT2D eigenvalue weighted by atomic mass is 9.92. The van der Waals surface area contributed by atoms with Crippen LogP contribution in [0.1, 0.15) is 45.1 Å². The van der Waals surface area contributed by atoms with Gasteiger partial charge in [-0.3, -0.25) is 0 Å². The summed E-state index contributed by atoms with van der Waals surface area (Å²) in [5.41, 5.74) is 6.89. The molecule has 10 heteroatoms. The number of aromatic hydroxyl groups is 2. The van der Waals surface area contributed by atoms with E-state index in [2.05, 4.69) is 23.6 Å². The molecule has 1 fully saturated rings. The Kier molecular flexibility index (Phi) is 15.2. The Labute approximate surface area is 391 Å². The Balaban J connectivity index is 0.000000182. The maximum absolute atomic E-state index is 13.1. The highest BCUT2D eigenvalue weighted by Gasteiger charge is 2.20. The van der Waals surface area contributed by atoms with Crippen LogP contribution in [0.2, 0.25) is 0 Å². The van der Waals surface area contributed by atoms with E-state index in [1.807, 2.05) is 110 Å². The highest BCUT2D eigenvalue weighted by Crippen LogP contribution is 2.39. The van der Waals surface area contributed by atoms with Gasteiger partial charge in [-0.1, -0.05) is 105 Å². The minimum Gasteiger partial charge on any atom is -0.508 e. The molecular formula is C57H58N2O8. The molecule has 0 atom stereocenters. The maximum Gasteiger partial charge on any atom is 0.344 e. The summed E-state index contributed by atoms with van der Waals surface area (Å²) in [4.78, 5) is 30.9. The topological polar surface area (TPSA) is 126 Å². The number of phenolic OH excluding ortho intramolecular Hbond substituents is 2. The van der Waals surface area contributed by atoms with E-state index in [0.717, 1.165) is 93.8 Å². The van der Waals surface area contributed by atoms with Gasteiger partial charge in [0.1, 0.15) is 40.8 Å². The fourth-order valence-corrected chi connectivity index (χ4v) is 8.76. The minimum atomic E-state index is -0.441. The van der Waals surface area contributed by atoms with Crippen LogP contribution in [0, 0.1) is 6.92 Å². The van der Waals surface area contributed by atoms with E-state index in [9.17, 15) is 19.8 Å². The third-order valence-corrected chi connectivity index (χ3v) is 12.4. The van der Waals surface area contributed by atoms with E-state index in [4.69, 9.17) is 18.3 Å². The number of likely N-dealkylation sites (N-methyl/N-ethyl adjacent to an activating group) is 1. The van der Waals surface area contributed by atoms with Crippen LogP contribution >= 0.6 is 0 Å². The molecule has 9 rings (SSSR count). The van der Waals surface area contributed by atoms with Crippen molar-refractivity contribution in [2.24, 2.45) is 0 Å². The second-order valence-electron chi connectivity index (χ2n) is 16.9. The normalized spacial score (nSPS) is 12.8. The first-order chi connectivity index (χ1) is 32.7.